The lowest BCUT2D eigenvalue weighted by molar-refractivity contribution is -0.168. The minimum absolute atomic E-state index is 0.236. The molecule has 3 aliphatic rings. The molecule has 1 N–H and O–H groups in total. The van der Waals surface area contributed by atoms with Crippen molar-refractivity contribution < 1.29 is 9.90 Å². The van der Waals surface area contributed by atoms with Gasteiger partial charge in [0.1, 0.15) is 5.78 Å². The highest BCUT2D eigenvalue weighted by Crippen LogP contribution is 2.63. The maximum atomic E-state index is 12.1. The summed E-state index contributed by atoms with van der Waals surface area (Å²) in [6, 6.07) is 0. The molecule has 3 saturated carbocycles. The fourth-order valence-corrected chi connectivity index (χ4v) is 4.91. The molecule has 0 aromatic rings. The lowest BCUT2D eigenvalue weighted by Crippen LogP contribution is -2.57. The number of rotatable bonds is 0. The lowest BCUT2D eigenvalue weighted by Gasteiger charge is -2.57. The van der Waals surface area contributed by atoms with E-state index in [-0.39, 0.29) is 5.41 Å². The largest absolute Gasteiger partial charge is 0.390 e. The maximum absolute atomic E-state index is 12.1. The molecular weight excluding hydrogens is 212 g/mol. The molecule has 0 amide bonds. The molecule has 0 aromatic heterocycles. The monoisotopic (exact) mass is 236 g/mol. The van der Waals surface area contributed by atoms with Crippen LogP contribution in [0.5, 0.6) is 0 Å². The summed E-state index contributed by atoms with van der Waals surface area (Å²) in [7, 11) is 0. The Morgan fingerprint density at radius 1 is 1.18 bits per heavy atom. The van der Waals surface area contributed by atoms with E-state index >= 15 is 0 Å². The average Bonchev–Trinajstić information content (AvgIpc) is 2.28. The Morgan fingerprint density at radius 3 is 2.53 bits per heavy atom. The summed E-state index contributed by atoms with van der Waals surface area (Å²) < 4.78 is 0. The Hall–Kier alpha value is -0.370. The summed E-state index contributed by atoms with van der Waals surface area (Å²) >= 11 is 0. The number of hydrogen-bond acceptors (Lipinski definition) is 2. The van der Waals surface area contributed by atoms with Crippen molar-refractivity contribution in [1.29, 1.82) is 0 Å². The molecule has 0 saturated heterocycles. The highest BCUT2D eigenvalue weighted by Gasteiger charge is 2.61. The zero-order valence-electron chi connectivity index (χ0n) is 11.3. The van der Waals surface area contributed by atoms with E-state index in [2.05, 4.69) is 20.8 Å². The SMILES string of the molecule is CC1(C)C[C@@H]2[C@@H]1CC[C@]1(C)C[C@@]2(O)CCC1=O. The van der Waals surface area contributed by atoms with Crippen molar-refractivity contribution in [3.05, 3.63) is 0 Å². The first-order chi connectivity index (χ1) is 7.77. The number of carbonyl (C=O) groups is 1. The molecule has 0 radical (unpaired) electrons. The van der Waals surface area contributed by atoms with Crippen LogP contribution in [0.3, 0.4) is 0 Å². The molecule has 0 spiro atoms. The molecule has 0 aromatic carbocycles. The highest BCUT2D eigenvalue weighted by atomic mass is 16.3. The number of hydrogen-bond donors (Lipinski definition) is 1. The number of fused-ring (bicyclic) bond motifs is 4. The Kier molecular flexibility index (Phi) is 2.16. The zero-order chi connectivity index (χ0) is 12.5. The third kappa shape index (κ3) is 1.46. The summed E-state index contributed by atoms with van der Waals surface area (Å²) in [5, 5.41) is 10.9. The van der Waals surface area contributed by atoms with Crippen LogP contribution in [-0.2, 0) is 4.79 Å². The van der Waals surface area contributed by atoms with Gasteiger partial charge in [0.05, 0.1) is 5.60 Å². The molecule has 0 aliphatic heterocycles. The van der Waals surface area contributed by atoms with Gasteiger partial charge in [0.25, 0.3) is 0 Å². The van der Waals surface area contributed by atoms with Gasteiger partial charge in [-0.3, -0.25) is 4.79 Å². The van der Waals surface area contributed by atoms with Crippen LogP contribution in [0.2, 0.25) is 0 Å². The van der Waals surface area contributed by atoms with Crippen LogP contribution in [-0.4, -0.2) is 16.5 Å². The predicted octanol–water partition coefficient (Wildman–Crippen LogP) is 2.93. The highest BCUT2D eigenvalue weighted by molar-refractivity contribution is 5.85. The van der Waals surface area contributed by atoms with E-state index < -0.39 is 5.60 Å². The van der Waals surface area contributed by atoms with Gasteiger partial charge in [-0.2, -0.15) is 0 Å². The fourth-order valence-electron chi connectivity index (χ4n) is 4.91. The van der Waals surface area contributed by atoms with Gasteiger partial charge in [0, 0.05) is 11.8 Å². The molecule has 2 bridgehead atoms. The predicted molar refractivity (Wildman–Crippen MR) is 66.5 cm³/mol. The molecule has 17 heavy (non-hydrogen) atoms. The summed E-state index contributed by atoms with van der Waals surface area (Å²) in [5.74, 6) is 1.47. The van der Waals surface area contributed by atoms with E-state index in [1.807, 2.05) is 0 Å². The van der Waals surface area contributed by atoms with Crippen molar-refractivity contribution in [3.8, 4) is 0 Å². The van der Waals surface area contributed by atoms with Crippen LogP contribution >= 0.6 is 0 Å². The van der Waals surface area contributed by atoms with Gasteiger partial charge >= 0.3 is 0 Å². The smallest absolute Gasteiger partial charge is 0.138 e. The van der Waals surface area contributed by atoms with Gasteiger partial charge in [-0.15, -0.1) is 0 Å². The van der Waals surface area contributed by atoms with Crippen molar-refractivity contribution in [2.75, 3.05) is 0 Å². The number of aliphatic hydroxyl groups is 1. The number of carbonyl (C=O) groups excluding carboxylic acids is 1. The molecule has 3 aliphatic carbocycles. The van der Waals surface area contributed by atoms with Crippen LogP contribution in [0.15, 0.2) is 0 Å². The van der Waals surface area contributed by atoms with Crippen LogP contribution < -0.4 is 0 Å². The van der Waals surface area contributed by atoms with Crippen LogP contribution in [0.4, 0.5) is 0 Å². The first kappa shape index (κ1) is 11.7. The van der Waals surface area contributed by atoms with Crippen molar-refractivity contribution in [3.63, 3.8) is 0 Å². The molecule has 0 unspecified atom stereocenters. The molecule has 2 nitrogen and oxygen atoms in total. The minimum atomic E-state index is -0.542. The van der Waals surface area contributed by atoms with Gasteiger partial charge in [-0.1, -0.05) is 20.8 Å². The van der Waals surface area contributed by atoms with Crippen molar-refractivity contribution in [2.24, 2.45) is 22.7 Å². The molecule has 3 fully saturated rings. The van der Waals surface area contributed by atoms with E-state index in [0.29, 0.717) is 35.9 Å². The first-order valence-electron chi connectivity index (χ1n) is 7.03. The molecule has 96 valence electrons. The maximum Gasteiger partial charge on any atom is 0.138 e. The molecule has 4 atom stereocenters. The van der Waals surface area contributed by atoms with Gasteiger partial charge in [-0.25, -0.2) is 0 Å². The standard InChI is InChI=1S/C15H24O2/c1-13(2)8-11-10(13)4-6-14(3)9-15(11,17)7-5-12(14)16/h10-11,17H,4-9H2,1-3H3/t10-,11+,14+,15-/m0/s1. The van der Waals surface area contributed by atoms with Crippen molar-refractivity contribution >= 4 is 5.78 Å². The van der Waals surface area contributed by atoms with E-state index in [0.717, 1.165) is 25.7 Å². The van der Waals surface area contributed by atoms with Gasteiger partial charge in [0.2, 0.25) is 0 Å². The second-order valence-electron chi connectivity index (χ2n) is 7.71. The van der Waals surface area contributed by atoms with Crippen LogP contribution in [0, 0.1) is 22.7 Å². The lowest BCUT2D eigenvalue weighted by atomic mass is 9.49. The summed E-state index contributed by atoms with van der Waals surface area (Å²) in [5.41, 5.74) is -0.406. The van der Waals surface area contributed by atoms with Crippen molar-refractivity contribution in [2.45, 2.75) is 64.9 Å². The Balaban J connectivity index is 1.96. The second-order valence-corrected chi connectivity index (χ2v) is 7.71. The Labute approximate surface area is 104 Å². The molecule has 3 rings (SSSR count). The molecular formula is C15H24O2. The number of ketones is 1. The Morgan fingerprint density at radius 2 is 1.88 bits per heavy atom. The third-order valence-electron chi connectivity index (χ3n) is 6.09. The summed E-state index contributed by atoms with van der Waals surface area (Å²) in [6.07, 6.45) is 5.27. The normalized spacial score (nSPS) is 52.4. The van der Waals surface area contributed by atoms with Crippen molar-refractivity contribution in [1.82, 2.24) is 0 Å². The van der Waals surface area contributed by atoms with E-state index in [1.54, 1.807) is 0 Å². The van der Waals surface area contributed by atoms with Crippen LogP contribution in [0.1, 0.15) is 59.3 Å². The summed E-state index contributed by atoms with van der Waals surface area (Å²) in [6.45, 7) is 6.71. The van der Waals surface area contributed by atoms with Crippen LogP contribution in [0.25, 0.3) is 0 Å². The first-order valence-corrected chi connectivity index (χ1v) is 7.03. The summed E-state index contributed by atoms with van der Waals surface area (Å²) in [4.78, 5) is 12.1. The third-order valence-corrected chi connectivity index (χ3v) is 6.09. The second kappa shape index (κ2) is 3.14. The molecule has 0 heterocycles. The van der Waals surface area contributed by atoms with Gasteiger partial charge in [0.15, 0.2) is 0 Å². The quantitative estimate of drug-likeness (QED) is 0.702. The van der Waals surface area contributed by atoms with Gasteiger partial charge < -0.3 is 5.11 Å². The zero-order valence-corrected chi connectivity index (χ0v) is 11.3. The van der Waals surface area contributed by atoms with E-state index in [4.69, 9.17) is 0 Å². The minimum Gasteiger partial charge on any atom is -0.390 e. The topological polar surface area (TPSA) is 37.3 Å². The van der Waals surface area contributed by atoms with E-state index in [9.17, 15) is 9.90 Å². The fraction of sp³-hybridized carbons (Fsp3) is 0.933. The van der Waals surface area contributed by atoms with Gasteiger partial charge in [-0.05, 0) is 49.4 Å². The number of Topliss-reactive ketones (excluding diaryl/α,β-unsaturated/α-hetero) is 1. The molecule has 2 heteroatoms. The Bertz CT molecular complexity index is 373. The average molecular weight is 236 g/mol. The van der Waals surface area contributed by atoms with E-state index in [1.165, 1.54) is 0 Å².